The van der Waals surface area contributed by atoms with Crippen LogP contribution in [0.1, 0.15) is 6.92 Å². The van der Waals surface area contributed by atoms with E-state index in [1.807, 2.05) is 0 Å². The van der Waals surface area contributed by atoms with Crippen LogP contribution in [0.25, 0.3) is 0 Å². The van der Waals surface area contributed by atoms with Crippen LogP contribution < -0.4 is 0 Å². The number of carbonyl (C=O) groups excluding carboxylic acids is 3. The molecule has 0 heterocycles. The maximum atomic E-state index is 9.90. The van der Waals surface area contributed by atoms with Gasteiger partial charge in [0.05, 0.1) is 19.3 Å². The third kappa shape index (κ3) is 15.1. The Bertz CT molecular complexity index is 505. The van der Waals surface area contributed by atoms with Crippen LogP contribution >= 0.6 is 0 Å². The van der Waals surface area contributed by atoms with Crippen molar-refractivity contribution >= 4 is 18.9 Å². The van der Waals surface area contributed by atoms with Crippen molar-refractivity contribution < 1.29 is 80.8 Å². The molecular weight excluding hydrogens is 460 g/mol. The lowest BCUT2D eigenvalue weighted by Gasteiger charge is -2.22. The van der Waals surface area contributed by atoms with E-state index in [1.54, 1.807) is 0 Å². The van der Waals surface area contributed by atoms with Crippen LogP contribution in [0.2, 0.25) is 0 Å². The van der Waals surface area contributed by atoms with Gasteiger partial charge in [-0.3, -0.25) is 0 Å². The molecule has 0 rings (SSSR count). The first-order chi connectivity index (χ1) is 15.2. The van der Waals surface area contributed by atoms with Gasteiger partial charge in [-0.15, -0.1) is 0 Å². The molecule has 0 radical (unpaired) electrons. The molecule has 0 aliphatic heterocycles. The van der Waals surface area contributed by atoms with Gasteiger partial charge in [0.2, 0.25) is 0 Å². The van der Waals surface area contributed by atoms with Crippen molar-refractivity contribution in [1.29, 1.82) is 0 Å². The Balaban J connectivity index is -0.000000411. The van der Waals surface area contributed by atoms with Gasteiger partial charge >= 0.3 is 0 Å². The van der Waals surface area contributed by atoms with Crippen LogP contribution in [-0.4, -0.2) is 166 Å². The van der Waals surface area contributed by atoms with Gasteiger partial charge < -0.3 is 80.8 Å². The molecule has 0 aromatic carbocycles. The number of carbonyl (C=O) groups is 3. The fourth-order valence-corrected chi connectivity index (χ4v) is 1.60. The monoisotopic (exact) mass is 494 g/mol. The predicted molar refractivity (Wildman–Crippen MR) is 104 cm³/mol. The van der Waals surface area contributed by atoms with Crippen molar-refractivity contribution in [3.63, 3.8) is 0 Å². The van der Waals surface area contributed by atoms with Crippen molar-refractivity contribution in [2.45, 2.75) is 74.1 Å². The number of aldehydes is 3. The zero-order chi connectivity index (χ0) is 26.9. The van der Waals surface area contributed by atoms with Crippen molar-refractivity contribution in [3.05, 3.63) is 0 Å². The molecule has 16 nitrogen and oxygen atoms in total. The summed E-state index contributed by atoms with van der Waals surface area (Å²) in [6, 6.07) is 0. The van der Waals surface area contributed by atoms with E-state index in [0.717, 1.165) is 0 Å². The van der Waals surface area contributed by atoms with Crippen molar-refractivity contribution in [2.75, 3.05) is 13.2 Å². The quantitative estimate of drug-likeness (QED) is 0.106. The molecule has 0 spiro atoms. The van der Waals surface area contributed by atoms with Gasteiger partial charge in [0.1, 0.15) is 61.0 Å². The Hall–Kier alpha value is -1.51. The van der Waals surface area contributed by atoms with Crippen LogP contribution in [0.3, 0.4) is 0 Å². The average molecular weight is 494 g/mol. The maximum Gasteiger partial charge on any atom is 0.151 e. The molecule has 33 heavy (non-hydrogen) atoms. The highest BCUT2D eigenvalue weighted by molar-refractivity contribution is 5.57. The molecule has 11 atom stereocenters. The number of aliphatic hydroxyl groups is 13. The largest absolute Gasteiger partial charge is 0.394 e. The summed E-state index contributed by atoms with van der Waals surface area (Å²) >= 11 is 0. The highest BCUT2D eigenvalue weighted by Crippen LogP contribution is 2.03. The van der Waals surface area contributed by atoms with Gasteiger partial charge in [-0.1, -0.05) is 0 Å². The van der Waals surface area contributed by atoms with Crippen molar-refractivity contribution in [1.82, 2.24) is 0 Å². The van der Waals surface area contributed by atoms with Crippen LogP contribution in [0.5, 0.6) is 0 Å². The van der Waals surface area contributed by atoms with E-state index in [4.69, 9.17) is 66.4 Å². The number of hydrogen-bond donors (Lipinski definition) is 13. The Kier molecular flexibility index (Phi) is 21.8. The third-order valence-corrected chi connectivity index (χ3v) is 3.82. The van der Waals surface area contributed by atoms with Crippen LogP contribution in [0, 0.1) is 0 Å². The molecule has 13 N–H and O–H groups in total. The van der Waals surface area contributed by atoms with E-state index in [-0.39, 0.29) is 18.9 Å². The van der Waals surface area contributed by atoms with Gasteiger partial charge in [0, 0.05) is 0 Å². The lowest BCUT2D eigenvalue weighted by molar-refractivity contribution is -0.136. The van der Waals surface area contributed by atoms with Crippen molar-refractivity contribution in [3.8, 4) is 0 Å². The fraction of sp³-hybridized carbons (Fsp3) is 0.824. The van der Waals surface area contributed by atoms with E-state index in [1.165, 1.54) is 6.92 Å². The summed E-state index contributed by atoms with van der Waals surface area (Å²) in [7, 11) is 0. The molecule has 0 aromatic rings. The summed E-state index contributed by atoms with van der Waals surface area (Å²) in [5, 5.41) is 113. The first-order valence-electron chi connectivity index (χ1n) is 9.24. The standard InChI is InChI=1S/C6H12O6.C6H12O5.C5H10O5/c7-1-3(9)5(11)6(12)4(10)2-8;1-3(8)5(10)6(11)4(9)2-7;6-1-3(8)5(10)4(9)2-7/h1,3-6,8-12H,2H2;2-6,8-11H,1H3;1,3-5,7-10H,2H2/t3-,4+,5+,6+;3-,4-,5-,6-;3-,4-,5+/m000/s1. The summed E-state index contributed by atoms with van der Waals surface area (Å²) < 4.78 is 0. The molecule has 0 aliphatic rings. The lowest BCUT2D eigenvalue weighted by Crippen LogP contribution is -2.46. The van der Waals surface area contributed by atoms with Crippen LogP contribution in [0.15, 0.2) is 0 Å². The molecule has 0 bridgehead atoms. The van der Waals surface area contributed by atoms with E-state index in [0.29, 0.717) is 0 Å². The third-order valence-electron chi connectivity index (χ3n) is 3.82. The van der Waals surface area contributed by atoms with E-state index >= 15 is 0 Å². The topological polar surface area (TPSA) is 314 Å². The molecular formula is C17H34O16. The Morgan fingerprint density at radius 1 is 0.485 bits per heavy atom. The second-order valence-electron chi connectivity index (χ2n) is 6.57. The average Bonchev–Trinajstić information content (AvgIpc) is 2.84. The van der Waals surface area contributed by atoms with Gasteiger partial charge in [-0.25, -0.2) is 0 Å². The van der Waals surface area contributed by atoms with Gasteiger partial charge in [0.25, 0.3) is 0 Å². The first kappa shape index (κ1) is 36.1. The molecule has 0 unspecified atom stereocenters. The normalized spacial score (nSPS) is 20.9. The molecule has 0 aromatic heterocycles. The molecule has 0 fully saturated rings. The summed E-state index contributed by atoms with van der Waals surface area (Å²) in [4.78, 5) is 29.5. The maximum absolute atomic E-state index is 9.90. The first-order valence-corrected chi connectivity index (χ1v) is 9.24. The Morgan fingerprint density at radius 2 is 0.758 bits per heavy atom. The smallest absolute Gasteiger partial charge is 0.151 e. The second-order valence-corrected chi connectivity index (χ2v) is 6.57. The summed E-state index contributed by atoms with van der Waals surface area (Å²) in [6.07, 6.45) is -17.3. The molecule has 198 valence electrons. The van der Waals surface area contributed by atoms with Crippen LogP contribution in [0.4, 0.5) is 0 Å². The fourth-order valence-electron chi connectivity index (χ4n) is 1.60. The Labute approximate surface area is 187 Å². The predicted octanol–water partition coefficient (Wildman–Crippen LogP) is -8.47. The molecule has 16 heteroatoms. The lowest BCUT2D eigenvalue weighted by atomic mass is 10.0. The highest BCUT2D eigenvalue weighted by atomic mass is 16.4. The van der Waals surface area contributed by atoms with Gasteiger partial charge in [-0.05, 0) is 6.92 Å². The minimum absolute atomic E-state index is 0.0258. The number of aliphatic hydroxyl groups excluding tert-OH is 13. The van der Waals surface area contributed by atoms with Gasteiger partial charge in [-0.2, -0.15) is 0 Å². The second kappa shape index (κ2) is 19.9. The van der Waals surface area contributed by atoms with Crippen LogP contribution in [-0.2, 0) is 14.4 Å². The molecule has 0 aliphatic carbocycles. The van der Waals surface area contributed by atoms with E-state index < -0.39 is 80.4 Å². The summed E-state index contributed by atoms with van der Waals surface area (Å²) in [5.41, 5.74) is 0. The minimum Gasteiger partial charge on any atom is -0.394 e. The molecule has 0 saturated carbocycles. The molecule has 0 saturated heterocycles. The zero-order valence-corrected chi connectivity index (χ0v) is 17.5. The van der Waals surface area contributed by atoms with E-state index in [9.17, 15) is 14.4 Å². The summed E-state index contributed by atoms with van der Waals surface area (Å²) in [5.74, 6) is 0. The van der Waals surface area contributed by atoms with Gasteiger partial charge in [0.15, 0.2) is 18.9 Å². The summed E-state index contributed by atoms with van der Waals surface area (Å²) in [6.45, 7) is -0.207. The SMILES string of the molecule is C[C@H](O)[C@H](O)[C@@H](O)[C@@H](O)C=O.O=C[C@H](O)[C@@H](O)[C@@H](O)CO.O=C[C@H](O)[C@@H](O)[C@H](O)[C@H](O)CO. The van der Waals surface area contributed by atoms with E-state index in [2.05, 4.69) is 0 Å². The Morgan fingerprint density at radius 3 is 1.03 bits per heavy atom. The number of rotatable bonds is 13. The number of hydrogen-bond acceptors (Lipinski definition) is 16. The minimum atomic E-state index is -1.79. The highest BCUT2D eigenvalue weighted by Gasteiger charge is 2.29. The zero-order valence-electron chi connectivity index (χ0n) is 17.5. The van der Waals surface area contributed by atoms with Crippen molar-refractivity contribution in [2.24, 2.45) is 0 Å². The molecule has 0 amide bonds.